The van der Waals surface area contributed by atoms with Crippen LogP contribution in [0.4, 0.5) is 5.82 Å². The van der Waals surface area contributed by atoms with E-state index in [-0.39, 0.29) is 0 Å². The van der Waals surface area contributed by atoms with Crippen LogP contribution < -0.4 is 10.2 Å². The second-order valence-electron chi connectivity index (χ2n) is 5.93. The third-order valence-corrected chi connectivity index (χ3v) is 4.26. The van der Waals surface area contributed by atoms with E-state index in [0.717, 1.165) is 44.3 Å². The third kappa shape index (κ3) is 3.30. The van der Waals surface area contributed by atoms with Crippen LogP contribution in [0, 0.1) is 0 Å². The van der Waals surface area contributed by atoms with Crippen molar-refractivity contribution in [3.8, 4) is 0 Å². The van der Waals surface area contributed by atoms with Crippen LogP contribution in [-0.4, -0.2) is 37.3 Å². The number of pyridine rings is 1. The molecule has 1 saturated carbocycles. The average Bonchev–Trinajstić information content (AvgIpc) is 3.19. The van der Waals surface area contributed by atoms with Crippen molar-refractivity contribution in [2.75, 3.05) is 25.1 Å². The normalized spacial score (nSPS) is 22.5. The molecule has 3 rings (SSSR count). The zero-order chi connectivity index (χ0) is 13.9. The van der Waals surface area contributed by atoms with Crippen LogP contribution in [0.5, 0.6) is 0 Å². The van der Waals surface area contributed by atoms with Gasteiger partial charge in [0.25, 0.3) is 0 Å². The molecule has 1 aliphatic carbocycles. The fourth-order valence-electron chi connectivity index (χ4n) is 2.76. The fourth-order valence-corrected chi connectivity index (χ4v) is 2.76. The van der Waals surface area contributed by atoms with Crippen LogP contribution in [0.15, 0.2) is 12.1 Å². The molecule has 1 aliphatic heterocycles. The number of methoxy groups -OCH3 is 1. The van der Waals surface area contributed by atoms with E-state index in [9.17, 15) is 0 Å². The highest BCUT2D eigenvalue weighted by molar-refractivity contribution is 5.44. The lowest BCUT2D eigenvalue weighted by Crippen LogP contribution is -2.24. The number of nitrogens with one attached hydrogen (secondary N) is 1. The second kappa shape index (κ2) is 6.10. The number of nitrogens with zero attached hydrogens (tertiary/aromatic N) is 2. The fraction of sp³-hybridized carbons (Fsp3) is 0.688. The van der Waals surface area contributed by atoms with E-state index >= 15 is 0 Å². The smallest absolute Gasteiger partial charge is 0.129 e. The predicted molar refractivity (Wildman–Crippen MR) is 81.1 cm³/mol. The molecule has 20 heavy (non-hydrogen) atoms. The summed E-state index contributed by atoms with van der Waals surface area (Å²) in [4.78, 5) is 7.14. The summed E-state index contributed by atoms with van der Waals surface area (Å²) in [6.45, 7) is 5.15. The molecule has 1 unspecified atom stereocenters. The molecule has 2 aliphatic rings. The Hall–Kier alpha value is -1.13. The maximum Gasteiger partial charge on any atom is 0.129 e. The number of anilines is 1. The standard InChI is InChI=1S/C16H25N3O/c1-3-13-8-12(10-17-14-4-5-14)9-16(18-13)19-7-6-15(11-19)20-2/h8-9,14-15,17H,3-7,10-11H2,1-2H3. The van der Waals surface area contributed by atoms with Crippen molar-refractivity contribution in [2.24, 2.45) is 0 Å². The number of aromatic nitrogens is 1. The van der Waals surface area contributed by atoms with Gasteiger partial charge < -0.3 is 15.0 Å². The Kier molecular flexibility index (Phi) is 4.22. The molecule has 0 amide bonds. The van der Waals surface area contributed by atoms with Gasteiger partial charge in [-0.3, -0.25) is 0 Å². The van der Waals surface area contributed by atoms with E-state index in [1.807, 2.05) is 0 Å². The Morgan fingerprint density at radius 1 is 1.35 bits per heavy atom. The Morgan fingerprint density at radius 3 is 2.85 bits per heavy atom. The van der Waals surface area contributed by atoms with Gasteiger partial charge in [-0.15, -0.1) is 0 Å². The molecule has 1 aromatic rings. The minimum absolute atomic E-state index is 0.357. The quantitative estimate of drug-likeness (QED) is 0.863. The van der Waals surface area contributed by atoms with Gasteiger partial charge in [-0.2, -0.15) is 0 Å². The monoisotopic (exact) mass is 275 g/mol. The Labute approximate surface area is 121 Å². The number of aryl methyl sites for hydroxylation is 1. The molecule has 1 N–H and O–H groups in total. The molecule has 1 saturated heterocycles. The van der Waals surface area contributed by atoms with Gasteiger partial charge in [-0.05, 0) is 43.4 Å². The predicted octanol–water partition coefficient (Wildman–Crippen LogP) is 2.12. The Bertz CT molecular complexity index is 459. The first-order chi connectivity index (χ1) is 9.78. The molecule has 0 aromatic carbocycles. The van der Waals surface area contributed by atoms with Crippen molar-refractivity contribution in [3.63, 3.8) is 0 Å². The first-order valence-corrected chi connectivity index (χ1v) is 7.79. The van der Waals surface area contributed by atoms with Crippen molar-refractivity contribution in [3.05, 3.63) is 23.4 Å². The highest BCUT2D eigenvalue weighted by atomic mass is 16.5. The molecule has 0 bridgehead atoms. The van der Waals surface area contributed by atoms with Crippen molar-refractivity contribution >= 4 is 5.82 Å². The molecule has 1 aromatic heterocycles. The van der Waals surface area contributed by atoms with E-state index < -0.39 is 0 Å². The maximum absolute atomic E-state index is 5.46. The largest absolute Gasteiger partial charge is 0.380 e. The van der Waals surface area contributed by atoms with Crippen LogP contribution in [0.25, 0.3) is 0 Å². The summed E-state index contributed by atoms with van der Waals surface area (Å²) in [5.74, 6) is 1.12. The molecule has 1 atom stereocenters. The highest BCUT2D eigenvalue weighted by Gasteiger charge is 2.24. The zero-order valence-corrected chi connectivity index (χ0v) is 12.6. The van der Waals surface area contributed by atoms with Crippen molar-refractivity contribution in [1.82, 2.24) is 10.3 Å². The number of hydrogen-bond acceptors (Lipinski definition) is 4. The van der Waals surface area contributed by atoms with Gasteiger partial charge in [0.05, 0.1) is 6.10 Å². The van der Waals surface area contributed by atoms with Crippen molar-refractivity contribution in [1.29, 1.82) is 0 Å². The molecule has 0 spiro atoms. The lowest BCUT2D eigenvalue weighted by atomic mass is 10.2. The molecule has 110 valence electrons. The summed E-state index contributed by atoms with van der Waals surface area (Å²) in [7, 11) is 1.80. The van der Waals surface area contributed by atoms with E-state index in [4.69, 9.17) is 9.72 Å². The van der Waals surface area contributed by atoms with Gasteiger partial charge in [-0.1, -0.05) is 6.92 Å². The Morgan fingerprint density at radius 2 is 2.20 bits per heavy atom. The summed E-state index contributed by atoms with van der Waals surface area (Å²) < 4.78 is 5.46. The zero-order valence-electron chi connectivity index (χ0n) is 12.6. The minimum atomic E-state index is 0.357. The lowest BCUT2D eigenvalue weighted by Gasteiger charge is -2.19. The van der Waals surface area contributed by atoms with Crippen LogP contribution in [0.1, 0.15) is 37.4 Å². The van der Waals surface area contributed by atoms with Crippen LogP contribution >= 0.6 is 0 Å². The number of hydrogen-bond donors (Lipinski definition) is 1. The molecular formula is C16H25N3O. The molecule has 4 nitrogen and oxygen atoms in total. The van der Waals surface area contributed by atoms with Crippen molar-refractivity contribution in [2.45, 2.75) is 51.3 Å². The lowest BCUT2D eigenvalue weighted by molar-refractivity contribution is 0.121. The molecular weight excluding hydrogens is 250 g/mol. The summed E-state index contributed by atoms with van der Waals surface area (Å²) in [6.07, 6.45) is 5.12. The van der Waals surface area contributed by atoms with Gasteiger partial charge in [0.2, 0.25) is 0 Å². The maximum atomic E-state index is 5.46. The highest BCUT2D eigenvalue weighted by Crippen LogP contribution is 2.23. The molecule has 2 heterocycles. The second-order valence-corrected chi connectivity index (χ2v) is 5.93. The summed E-state index contributed by atoms with van der Waals surface area (Å²) in [5.41, 5.74) is 2.55. The molecule has 4 heteroatoms. The molecule has 0 radical (unpaired) electrons. The van der Waals surface area contributed by atoms with E-state index in [1.54, 1.807) is 7.11 Å². The third-order valence-electron chi connectivity index (χ3n) is 4.26. The first kappa shape index (κ1) is 13.8. The SMILES string of the molecule is CCc1cc(CNC2CC2)cc(N2CCC(OC)C2)n1. The van der Waals surface area contributed by atoms with Gasteiger partial charge in [0.1, 0.15) is 5.82 Å². The van der Waals surface area contributed by atoms with Crippen LogP contribution in [-0.2, 0) is 17.7 Å². The topological polar surface area (TPSA) is 37.4 Å². The van der Waals surface area contributed by atoms with Gasteiger partial charge in [-0.25, -0.2) is 4.98 Å². The van der Waals surface area contributed by atoms with E-state index in [2.05, 4.69) is 29.3 Å². The van der Waals surface area contributed by atoms with Gasteiger partial charge >= 0.3 is 0 Å². The average molecular weight is 275 g/mol. The van der Waals surface area contributed by atoms with E-state index in [1.165, 1.54) is 24.1 Å². The van der Waals surface area contributed by atoms with Crippen LogP contribution in [0.3, 0.4) is 0 Å². The van der Waals surface area contributed by atoms with Gasteiger partial charge in [0.15, 0.2) is 0 Å². The minimum Gasteiger partial charge on any atom is -0.380 e. The first-order valence-electron chi connectivity index (χ1n) is 7.79. The summed E-state index contributed by atoms with van der Waals surface area (Å²) in [6, 6.07) is 5.23. The molecule has 2 fully saturated rings. The van der Waals surface area contributed by atoms with E-state index in [0.29, 0.717) is 6.10 Å². The Balaban J connectivity index is 1.73. The number of rotatable bonds is 6. The summed E-state index contributed by atoms with van der Waals surface area (Å²) >= 11 is 0. The van der Waals surface area contributed by atoms with Crippen LogP contribution in [0.2, 0.25) is 0 Å². The van der Waals surface area contributed by atoms with Crippen molar-refractivity contribution < 1.29 is 4.74 Å². The summed E-state index contributed by atoms with van der Waals surface area (Å²) in [5, 5.41) is 3.59. The van der Waals surface area contributed by atoms with Gasteiger partial charge in [0, 0.05) is 38.5 Å². The number of ether oxygens (including phenoxy) is 1.